The minimum absolute atomic E-state index is 0.250. The summed E-state index contributed by atoms with van der Waals surface area (Å²) < 4.78 is 2.00. The van der Waals surface area contributed by atoms with Crippen LogP contribution in [-0.4, -0.2) is 39.3 Å². The van der Waals surface area contributed by atoms with Crippen LogP contribution < -0.4 is 0 Å². The van der Waals surface area contributed by atoms with Crippen LogP contribution in [0.2, 0.25) is 0 Å². The molecular weight excluding hydrogens is 260 g/mol. The van der Waals surface area contributed by atoms with E-state index in [0.29, 0.717) is 6.04 Å². The summed E-state index contributed by atoms with van der Waals surface area (Å²) in [7, 11) is 4.32. The molecular formula is C17H24N4. The van der Waals surface area contributed by atoms with Gasteiger partial charge in [-0.25, -0.2) is 0 Å². The molecule has 2 aromatic heterocycles. The van der Waals surface area contributed by atoms with Gasteiger partial charge in [0.1, 0.15) is 0 Å². The normalized spacial score (nSPS) is 30.0. The van der Waals surface area contributed by atoms with Crippen molar-refractivity contribution in [2.45, 2.75) is 50.5 Å². The van der Waals surface area contributed by atoms with Gasteiger partial charge in [-0.2, -0.15) is 5.10 Å². The maximum atomic E-state index is 4.89. The highest BCUT2D eigenvalue weighted by molar-refractivity contribution is 5.85. The van der Waals surface area contributed by atoms with Crippen molar-refractivity contribution in [2.75, 3.05) is 13.6 Å². The van der Waals surface area contributed by atoms with Crippen molar-refractivity contribution >= 4 is 10.9 Å². The lowest BCUT2D eigenvalue weighted by molar-refractivity contribution is 0.179. The molecule has 4 heteroatoms. The van der Waals surface area contributed by atoms with Crippen LogP contribution in [-0.2, 0) is 12.5 Å². The van der Waals surface area contributed by atoms with Gasteiger partial charge in [0.15, 0.2) is 0 Å². The Morgan fingerprint density at radius 1 is 1.24 bits per heavy atom. The third kappa shape index (κ3) is 1.71. The van der Waals surface area contributed by atoms with Crippen LogP contribution in [0, 0.1) is 6.92 Å². The second kappa shape index (κ2) is 4.54. The molecule has 2 fully saturated rings. The molecule has 1 saturated heterocycles. The molecule has 21 heavy (non-hydrogen) atoms. The van der Waals surface area contributed by atoms with Crippen LogP contribution in [0.15, 0.2) is 12.3 Å². The molecule has 1 aliphatic carbocycles. The molecule has 4 nitrogen and oxygen atoms in total. The van der Waals surface area contributed by atoms with Crippen molar-refractivity contribution < 1.29 is 0 Å². The number of aryl methyl sites for hydroxylation is 2. The SMILES string of the molecule is Cc1nn(C)c2ccnc(C34CCCCC3N(C)CC4)c12. The zero-order valence-corrected chi connectivity index (χ0v) is 13.3. The summed E-state index contributed by atoms with van der Waals surface area (Å²) in [5, 5.41) is 5.95. The minimum Gasteiger partial charge on any atom is -0.302 e. The first-order chi connectivity index (χ1) is 10.1. The summed E-state index contributed by atoms with van der Waals surface area (Å²) in [4.78, 5) is 7.45. The van der Waals surface area contributed by atoms with Gasteiger partial charge in [0.25, 0.3) is 0 Å². The first-order valence-corrected chi connectivity index (χ1v) is 8.12. The van der Waals surface area contributed by atoms with E-state index in [-0.39, 0.29) is 5.41 Å². The molecule has 2 atom stereocenters. The third-order valence-electron chi connectivity index (χ3n) is 5.84. The topological polar surface area (TPSA) is 34.0 Å². The van der Waals surface area contributed by atoms with Gasteiger partial charge >= 0.3 is 0 Å². The summed E-state index contributed by atoms with van der Waals surface area (Å²) in [6.07, 6.45) is 8.52. The van der Waals surface area contributed by atoms with Crippen molar-refractivity contribution in [3.63, 3.8) is 0 Å². The summed E-state index contributed by atoms with van der Waals surface area (Å²) in [6, 6.07) is 2.76. The number of hydrogen-bond acceptors (Lipinski definition) is 3. The summed E-state index contributed by atoms with van der Waals surface area (Å²) in [5.41, 5.74) is 3.93. The fourth-order valence-corrected chi connectivity index (χ4v) is 4.87. The Morgan fingerprint density at radius 3 is 2.95 bits per heavy atom. The van der Waals surface area contributed by atoms with Crippen molar-refractivity contribution in [1.29, 1.82) is 0 Å². The van der Waals surface area contributed by atoms with Crippen LogP contribution in [0.4, 0.5) is 0 Å². The summed E-state index contributed by atoms with van der Waals surface area (Å²) in [5.74, 6) is 0. The van der Waals surface area contributed by atoms with E-state index in [1.54, 1.807) is 0 Å². The number of fused-ring (bicyclic) bond motifs is 2. The number of rotatable bonds is 1. The highest BCUT2D eigenvalue weighted by Gasteiger charge is 2.50. The lowest BCUT2D eigenvalue weighted by Crippen LogP contribution is -2.44. The van der Waals surface area contributed by atoms with E-state index in [2.05, 4.69) is 30.0 Å². The average Bonchev–Trinajstić information content (AvgIpc) is 2.99. The molecule has 0 N–H and O–H groups in total. The number of likely N-dealkylation sites (N-methyl/N-ethyl adjacent to an activating group) is 1. The lowest BCUT2D eigenvalue weighted by atomic mass is 9.67. The molecule has 2 aliphatic rings. The molecule has 0 spiro atoms. The zero-order chi connectivity index (χ0) is 14.6. The fraction of sp³-hybridized carbons (Fsp3) is 0.647. The van der Waals surface area contributed by atoms with Gasteiger partial charge in [-0.05, 0) is 45.8 Å². The number of hydrogen-bond donors (Lipinski definition) is 0. The molecule has 1 saturated carbocycles. The summed E-state index contributed by atoms with van der Waals surface area (Å²) >= 11 is 0. The highest BCUT2D eigenvalue weighted by atomic mass is 15.3. The van der Waals surface area contributed by atoms with E-state index in [9.17, 15) is 0 Å². The number of pyridine rings is 1. The van der Waals surface area contributed by atoms with Crippen LogP contribution in [0.3, 0.4) is 0 Å². The van der Waals surface area contributed by atoms with E-state index in [1.165, 1.54) is 55.2 Å². The molecule has 1 aliphatic heterocycles. The minimum atomic E-state index is 0.250. The number of aromatic nitrogens is 3. The largest absolute Gasteiger partial charge is 0.302 e. The number of nitrogens with zero attached hydrogens (tertiary/aromatic N) is 4. The third-order valence-corrected chi connectivity index (χ3v) is 5.84. The lowest BCUT2D eigenvalue weighted by Gasteiger charge is -2.41. The molecule has 0 aromatic carbocycles. The predicted molar refractivity (Wildman–Crippen MR) is 84.4 cm³/mol. The monoisotopic (exact) mass is 284 g/mol. The van der Waals surface area contributed by atoms with Crippen LogP contribution in [0.1, 0.15) is 43.5 Å². The Morgan fingerprint density at radius 2 is 2.10 bits per heavy atom. The smallest absolute Gasteiger partial charge is 0.0715 e. The maximum Gasteiger partial charge on any atom is 0.0715 e. The molecule has 0 bridgehead atoms. The molecule has 112 valence electrons. The second-order valence-corrected chi connectivity index (χ2v) is 6.91. The van der Waals surface area contributed by atoms with E-state index >= 15 is 0 Å². The van der Waals surface area contributed by atoms with Crippen LogP contribution in [0.5, 0.6) is 0 Å². The quantitative estimate of drug-likeness (QED) is 0.807. The van der Waals surface area contributed by atoms with E-state index in [4.69, 9.17) is 4.98 Å². The van der Waals surface area contributed by atoms with Gasteiger partial charge in [-0.1, -0.05) is 12.8 Å². The van der Waals surface area contributed by atoms with Crippen molar-refractivity contribution in [3.8, 4) is 0 Å². The first-order valence-electron chi connectivity index (χ1n) is 8.12. The Hall–Kier alpha value is -1.42. The Bertz CT molecular complexity index is 685. The van der Waals surface area contributed by atoms with Crippen molar-refractivity contribution in [1.82, 2.24) is 19.7 Å². The number of likely N-dealkylation sites (tertiary alicyclic amines) is 1. The van der Waals surface area contributed by atoms with Gasteiger partial charge < -0.3 is 4.90 Å². The molecule has 2 unspecified atom stereocenters. The average molecular weight is 284 g/mol. The Labute approximate surface area is 126 Å². The van der Waals surface area contributed by atoms with E-state index in [0.717, 1.165) is 5.69 Å². The highest BCUT2D eigenvalue weighted by Crippen LogP contribution is 2.49. The zero-order valence-electron chi connectivity index (χ0n) is 13.3. The maximum absolute atomic E-state index is 4.89. The molecule has 4 rings (SSSR count). The van der Waals surface area contributed by atoms with Crippen molar-refractivity contribution in [2.24, 2.45) is 7.05 Å². The van der Waals surface area contributed by atoms with Gasteiger partial charge in [0.2, 0.25) is 0 Å². The van der Waals surface area contributed by atoms with E-state index < -0.39 is 0 Å². The second-order valence-electron chi connectivity index (χ2n) is 6.91. The molecule has 3 heterocycles. The van der Waals surface area contributed by atoms with Gasteiger partial charge in [0, 0.05) is 30.1 Å². The van der Waals surface area contributed by atoms with Crippen LogP contribution >= 0.6 is 0 Å². The molecule has 0 amide bonds. The first kappa shape index (κ1) is 13.3. The standard InChI is InChI=1S/C17H24N4/c1-12-15-13(21(3)19-12)7-10-18-16(15)17-8-5-4-6-14(17)20(2)11-9-17/h7,10,14H,4-6,8-9,11H2,1-3H3. The van der Waals surface area contributed by atoms with E-state index in [1.807, 2.05) is 17.9 Å². The molecule has 0 radical (unpaired) electrons. The Kier molecular flexibility index (Phi) is 2.86. The van der Waals surface area contributed by atoms with Crippen LogP contribution in [0.25, 0.3) is 10.9 Å². The van der Waals surface area contributed by atoms with Gasteiger partial charge in [-0.15, -0.1) is 0 Å². The summed E-state index contributed by atoms with van der Waals surface area (Å²) in [6.45, 7) is 3.32. The Balaban J connectivity index is 1.97. The van der Waals surface area contributed by atoms with Gasteiger partial charge in [0.05, 0.1) is 16.9 Å². The van der Waals surface area contributed by atoms with Crippen molar-refractivity contribution in [3.05, 3.63) is 23.7 Å². The molecule has 2 aromatic rings. The fourth-order valence-electron chi connectivity index (χ4n) is 4.87. The predicted octanol–water partition coefficient (Wildman–Crippen LogP) is 2.79. The van der Waals surface area contributed by atoms with Gasteiger partial charge in [-0.3, -0.25) is 9.67 Å².